The van der Waals surface area contributed by atoms with E-state index < -0.39 is 0 Å². The van der Waals surface area contributed by atoms with Crippen LogP contribution in [0.5, 0.6) is 0 Å². The second-order valence-electron chi connectivity index (χ2n) is 10.0. The quantitative estimate of drug-likeness (QED) is 0.217. The van der Waals surface area contributed by atoms with Crippen LogP contribution in [0.15, 0.2) is 138 Å². The predicted octanol–water partition coefficient (Wildman–Crippen LogP) is 10.6. The van der Waals surface area contributed by atoms with E-state index >= 15 is 0 Å². The van der Waals surface area contributed by atoms with Crippen LogP contribution in [0.1, 0.15) is 0 Å². The molecule has 0 N–H and O–H groups in total. The summed E-state index contributed by atoms with van der Waals surface area (Å²) in [6.45, 7) is 8.04. The molecule has 0 saturated heterocycles. The van der Waals surface area contributed by atoms with E-state index in [1.165, 1.54) is 10.8 Å². The van der Waals surface area contributed by atoms with E-state index in [1.54, 1.807) is 0 Å². The van der Waals surface area contributed by atoms with Gasteiger partial charge in [-0.05, 0) is 46.5 Å². The summed E-state index contributed by atoms with van der Waals surface area (Å²) in [4.78, 5) is 3.97. The van der Waals surface area contributed by atoms with Gasteiger partial charge in [0, 0.05) is 21.5 Å². The molecule has 0 fully saturated rings. The molecular weight excluding hydrogens is 488 g/mol. The van der Waals surface area contributed by atoms with Gasteiger partial charge in [-0.1, -0.05) is 109 Å². The first kappa shape index (κ1) is 22.4. The van der Waals surface area contributed by atoms with Gasteiger partial charge in [0.05, 0.1) is 23.3 Å². The molecule has 8 rings (SSSR count). The predicted molar refractivity (Wildman–Crippen MR) is 165 cm³/mol. The van der Waals surface area contributed by atoms with Crippen molar-refractivity contribution in [1.29, 1.82) is 0 Å². The topological polar surface area (TPSA) is 22.4 Å². The Balaban J connectivity index is 1.34. The smallest absolute Gasteiger partial charge is 0.211 e. The number of hydrogen-bond donors (Lipinski definition) is 0. The Bertz CT molecular complexity index is 2220. The van der Waals surface area contributed by atoms with E-state index in [-0.39, 0.29) is 0 Å². The number of fused-ring (bicyclic) bond motifs is 6. The largest absolute Gasteiger partial charge is 0.456 e. The van der Waals surface area contributed by atoms with Crippen molar-refractivity contribution in [3.05, 3.63) is 145 Å². The summed E-state index contributed by atoms with van der Waals surface area (Å²) in [5.74, 6) is 0. The SMILES string of the molecule is [C-]#[N+]c1cccc(-c2ccc(-c3cccc4oc5ccccc5c34)cc2)c1-n1c2ccccc2c2ccccc21. The molecule has 0 unspecified atom stereocenters. The van der Waals surface area contributed by atoms with Crippen molar-refractivity contribution in [3.8, 4) is 27.9 Å². The highest BCUT2D eigenvalue weighted by Gasteiger charge is 2.19. The lowest BCUT2D eigenvalue weighted by atomic mass is 9.96. The lowest BCUT2D eigenvalue weighted by molar-refractivity contribution is 0.669. The molecule has 3 nitrogen and oxygen atoms in total. The Morgan fingerprint density at radius 3 is 1.75 bits per heavy atom. The van der Waals surface area contributed by atoms with Crippen LogP contribution in [0, 0.1) is 6.57 Å². The summed E-state index contributed by atoms with van der Waals surface area (Å²) in [7, 11) is 0. The molecule has 2 aromatic heterocycles. The van der Waals surface area contributed by atoms with E-state index in [4.69, 9.17) is 11.0 Å². The number of para-hydroxylation sites is 4. The van der Waals surface area contributed by atoms with E-state index in [1.807, 2.05) is 36.4 Å². The first-order valence-electron chi connectivity index (χ1n) is 13.3. The highest BCUT2D eigenvalue weighted by molar-refractivity contribution is 6.13. The van der Waals surface area contributed by atoms with Crippen LogP contribution in [0.25, 0.3) is 76.5 Å². The third-order valence-electron chi connectivity index (χ3n) is 7.85. The van der Waals surface area contributed by atoms with Crippen molar-refractivity contribution in [1.82, 2.24) is 4.57 Å². The Hall–Kier alpha value is -5.59. The molecule has 0 bridgehead atoms. The number of nitrogens with zero attached hydrogens (tertiary/aromatic N) is 2. The minimum Gasteiger partial charge on any atom is -0.456 e. The van der Waals surface area contributed by atoms with Crippen LogP contribution in [0.3, 0.4) is 0 Å². The summed E-state index contributed by atoms with van der Waals surface area (Å²) in [6, 6.07) is 46.0. The Morgan fingerprint density at radius 2 is 1.05 bits per heavy atom. The van der Waals surface area contributed by atoms with Crippen molar-refractivity contribution in [2.24, 2.45) is 0 Å². The second-order valence-corrected chi connectivity index (χ2v) is 10.0. The van der Waals surface area contributed by atoms with E-state index in [0.717, 1.165) is 60.9 Å². The van der Waals surface area contributed by atoms with Crippen LogP contribution >= 0.6 is 0 Å². The first-order chi connectivity index (χ1) is 19.8. The molecule has 0 aliphatic rings. The third kappa shape index (κ3) is 3.24. The van der Waals surface area contributed by atoms with Crippen molar-refractivity contribution in [2.75, 3.05) is 0 Å². The fraction of sp³-hybridized carbons (Fsp3) is 0. The van der Waals surface area contributed by atoms with Gasteiger partial charge in [0.25, 0.3) is 0 Å². The monoisotopic (exact) mass is 510 g/mol. The minimum absolute atomic E-state index is 0.628. The molecule has 186 valence electrons. The first-order valence-corrected chi connectivity index (χ1v) is 13.3. The Morgan fingerprint density at radius 1 is 0.500 bits per heavy atom. The van der Waals surface area contributed by atoms with Gasteiger partial charge in [0.2, 0.25) is 5.69 Å². The molecule has 0 radical (unpaired) electrons. The van der Waals surface area contributed by atoms with Crippen molar-refractivity contribution >= 4 is 49.4 Å². The molecule has 0 amide bonds. The number of furan rings is 1. The maximum Gasteiger partial charge on any atom is 0.211 e. The van der Waals surface area contributed by atoms with Crippen LogP contribution in [-0.2, 0) is 0 Å². The van der Waals surface area contributed by atoms with Gasteiger partial charge in [-0.25, -0.2) is 4.85 Å². The molecule has 8 aromatic rings. The zero-order valence-electron chi connectivity index (χ0n) is 21.5. The minimum atomic E-state index is 0.628. The average Bonchev–Trinajstić information content (AvgIpc) is 3.57. The standard InChI is InChI=1S/C37H22N2O/c1-38-31-15-8-14-27(37(31)39-32-16-5-2-10-28(32)29-11-3-6-17-33(29)39)25-22-20-24(21-23-25)26-13-9-19-35-36(26)30-12-4-7-18-34(30)40-35/h2-23H. The van der Waals surface area contributed by atoms with Gasteiger partial charge >= 0.3 is 0 Å². The zero-order valence-corrected chi connectivity index (χ0v) is 21.5. The van der Waals surface area contributed by atoms with E-state index in [9.17, 15) is 0 Å². The normalized spacial score (nSPS) is 11.5. The highest BCUT2D eigenvalue weighted by atomic mass is 16.3. The average molecular weight is 511 g/mol. The Labute approximate surface area is 231 Å². The van der Waals surface area contributed by atoms with Gasteiger partial charge in [-0.3, -0.25) is 0 Å². The fourth-order valence-electron chi connectivity index (χ4n) is 6.10. The molecule has 6 aromatic carbocycles. The molecule has 0 aliphatic carbocycles. The van der Waals surface area contributed by atoms with Crippen LogP contribution < -0.4 is 0 Å². The maximum absolute atomic E-state index is 8.04. The van der Waals surface area contributed by atoms with Crippen LogP contribution in [-0.4, -0.2) is 4.57 Å². The molecular formula is C37H22N2O. The zero-order chi connectivity index (χ0) is 26.6. The third-order valence-corrected chi connectivity index (χ3v) is 7.85. The summed E-state index contributed by atoms with van der Waals surface area (Å²) in [6.07, 6.45) is 0. The fourth-order valence-corrected chi connectivity index (χ4v) is 6.10. The number of hydrogen-bond acceptors (Lipinski definition) is 1. The maximum atomic E-state index is 8.04. The summed E-state index contributed by atoms with van der Waals surface area (Å²) >= 11 is 0. The molecule has 0 spiro atoms. The van der Waals surface area contributed by atoms with Gasteiger partial charge in [0.15, 0.2) is 0 Å². The van der Waals surface area contributed by atoms with Gasteiger partial charge in [-0.2, -0.15) is 0 Å². The molecule has 0 aliphatic heterocycles. The van der Waals surface area contributed by atoms with E-state index in [0.29, 0.717) is 5.69 Å². The van der Waals surface area contributed by atoms with Crippen molar-refractivity contribution in [3.63, 3.8) is 0 Å². The molecule has 0 atom stereocenters. The summed E-state index contributed by atoms with van der Waals surface area (Å²) < 4.78 is 8.38. The number of rotatable bonds is 3. The van der Waals surface area contributed by atoms with Gasteiger partial charge < -0.3 is 8.98 Å². The van der Waals surface area contributed by atoms with Gasteiger partial charge in [-0.15, -0.1) is 0 Å². The molecule has 40 heavy (non-hydrogen) atoms. The Kier molecular flexibility index (Phi) is 4.89. The van der Waals surface area contributed by atoms with Crippen molar-refractivity contribution in [2.45, 2.75) is 0 Å². The number of benzene rings is 6. The summed E-state index contributed by atoms with van der Waals surface area (Å²) in [5.41, 5.74) is 9.87. The lowest BCUT2D eigenvalue weighted by Crippen LogP contribution is -1.97. The molecule has 3 heteroatoms. The number of aromatic nitrogens is 1. The molecule has 0 saturated carbocycles. The van der Waals surface area contributed by atoms with Crippen molar-refractivity contribution < 1.29 is 4.42 Å². The van der Waals surface area contributed by atoms with Crippen LogP contribution in [0.2, 0.25) is 0 Å². The lowest BCUT2D eigenvalue weighted by Gasteiger charge is -2.16. The second kappa shape index (κ2) is 8.73. The molecule has 2 heterocycles. The van der Waals surface area contributed by atoms with Gasteiger partial charge in [0.1, 0.15) is 11.2 Å². The van der Waals surface area contributed by atoms with Crippen LogP contribution in [0.4, 0.5) is 5.69 Å². The highest BCUT2D eigenvalue weighted by Crippen LogP contribution is 2.42. The summed E-state index contributed by atoms with van der Waals surface area (Å²) in [5, 5.41) is 4.61. The van der Waals surface area contributed by atoms with E-state index in [2.05, 4.69) is 106 Å².